The maximum Gasteiger partial charge on any atom is 0.310 e. The summed E-state index contributed by atoms with van der Waals surface area (Å²) in [7, 11) is 1.37. The summed E-state index contributed by atoms with van der Waals surface area (Å²) in [6.45, 7) is 2.96. The lowest BCUT2D eigenvalue weighted by Gasteiger charge is -2.16. The van der Waals surface area contributed by atoms with Crippen LogP contribution in [-0.2, 0) is 20.7 Å². The molecule has 1 amide bonds. The first-order valence-electron chi connectivity index (χ1n) is 6.64. The minimum Gasteiger partial charge on any atom is -0.508 e. The van der Waals surface area contributed by atoms with E-state index < -0.39 is 0 Å². The van der Waals surface area contributed by atoms with Crippen LogP contribution in [0.15, 0.2) is 24.3 Å². The van der Waals surface area contributed by atoms with Crippen LogP contribution in [0, 0.1) is 11.8 Å². The third-order valence-electron chi connectivity index (χ3n) is 3.76. The Bertz CT molecular complexity index is 497. The number of carbonyl (C=O) groups excluding carboxylic acids is 2. The predicted molar refractivity (Wildman–Crippen MR) is 73.1 cm³/mol. The molecular formula is C15H19NO4. The summed E-state index contributed by atoms with van der Waals surface area (Å²) >= 11 is 0. The van der Waals surface area contributed by atoms with Crippen LogP contribution in [0.2, 0.25) is 0 Å². The number of benzene rings is 1. The van der Waals surface area contributed by atoms with Crippen molar-refractivity contribution in [2.45, 2.75) is 13.3 Å². The van der Waals surface area contributed by atoms with E-state index in [9.17, 15) is 14.7 Å². The van der Waals surface area contributed by atoms with Crippen molar-refractivity contribution in [3.8, 4) is 5.75 Å². The monoisotopic (exact) mass is 277 g/mol. The second-order valence-corrected chi connectivity index (χ2v) is 5.25. The molecule has 2 unspecified atom stereocenters. The molecule has 1 aromatic rings. The van der Waals surface area contributed by atoms with E-state index in [-0.39, 0.29) is 35.9 Å². The van der Waals surface area contributed by atoms with Gasteiger partial charge in [-0.15, -0.1) is 0 Å². The van der Waals surface area contributed by atoms with Crippen molar-refractivity contribution in [3.63, 3.8) is 0 Å². The van der Waals surface area contributed by atoms with Crippen LogP contribution in [0.3, 0.4) is 0 Å². The van der Waals surface area contributed by atoms with Gasteiger partial charge in [0, 0.05) is 13.1 Å². The maximum atomic E-state index is 12.2. The molecule has 0 spiro atoms. The SMILES string of the molecule is COC(=O)C1CN(C(=O)Cc2ccc(O)cc2)CC1C. The number of likely N-dealkylation sites (tertiary alicyclic amines) is 1. The molecule has 1 aromatic carbocycles. The first-order chi connectivity index (χ1) is 9.51. The van der Waals surface area contributed by atoms with E-state index in [0.29, 0.717) is 13.1 Å². The van der Waals surface area contributed by atoms with E-state index in [2.05, 4.69) is 0 Å². The molecule has 1 aliphatic rings. The average molecular weight is 277 g/mol. The van der Waals surface area contributed by atoms with Gasteiger partial charge in [-0.2, -0.15) is 0 Å². The largest absolute Gasteiger partial charge is 0.508 e. The van der Waals surface area contributed by atoms with Gasteiger partial charge >= 0.3 is 5.97 Å². The molecule has 1 N–H and O–H groups in total. The summed E-state index contributed by atoms with van der Waals surface area (Å²) in [6, 6.07) is 6.58. The van der Waals surface area contributed by atoms with Crippen LogP contribution in [0.1, 0.15) is 12.5 Å². The smallest absolute Gasteiger partial charge is 0.310 e. The van der Waals surface area contributed by atoms with Crippen molar-refractivity contribution in [1.82, 2.24) is 4.90 Å². The maximum absolute atomic E-state index is 12.2. The molecule has 0 bridgehead atoms. The molecule has 108 valence electrons. The van der Waals surface area contributed by atoms with Gasteiger partial charge in [0.15, 0.2) is 0 Å². The van der Waals surface area contributed by atoms with E-state index in [1.807, 2.05) is 6.92 Å². The van der Waals surface area contributed by atoms with Gasteiger partial charge in [-0.1, -0.05) is 19.1 Å². The third-order valence-corrected chi connectivity index (χ3v) is 3.76. The molecule has 20 heavy (non-hydrogen) atoms. The molecular weight excluding hydrogens is 258 g/mol. The predicted octanol–water partition coefficient (Wildman–Crippen LogP) is 1.20. The zero-order chi connectivity index (χ0) is 14.7. The Balaban J connectivity index is 1.97. The molecule has 5 nitrogen and oxygen atoms in total. The molecule has 0 aliphatic carbocycles. The van der Waals surface area contributed by atoms with Crippen molar-refractivity contribution < 1.29 is 19.4 Å². The highest BCUT2D eigenvalue weighted by Crippen LogP contribution is 2.24. The standard InChI is InChI=1S/C15H19NO4/c1-10-8-16(9-13(10)15(19)20-2)14(18)7-11-3-5-12(17)6-4-11/h3-6,10,13,17H,7-9H2,1-2H3. The van der Waals surface area contributed by atoms with Gasteiger partial charge in [0.05, 0.1) is 19.4 Å². The van der Waals surface area contributed by atoms with Crippen LogP contribution in [0.5, 0.6) is 5.75 Å². The topological polar surface area (TPSA) is 66.8 Å². The Labute approximate surface area is 118 Å². The highest BCUT2D eigenvalue weighted by Gasteiger charge is 2.37. The van der Waals surface area contributed by atoms with E-state index in [1.54, 1.807) is 29.2 Å². The molecule has 1 aliphatic heterocycles. The quantitative estimate of drug-likeness (QED) is 0.843. The second-order valence-electron chi connectivity index (χ2n) is 5.25. The van der Waals surface area contributed by atoms with Gasteiger partial charge in [-0.3, -0.25) is 9.59 Å². The van der Waals surface area contributed by atoms with Gasteiger partial charge < -0.3 is 14.7 Å². The molecule has 1 heterocycles. The zero-order valence-corrected chi connectivity index (χ0v) is 11.7. The summed E-state index contributed by atoms with van der Waals surface area (Å²) in [4.78, 5) is 25.5. The summed E-state index contributed by atoms with van der Waals surface area (Å²) < 4.78 is 4.76. The van der Waals surface area contributed by atoms with E-state index in [1.165, 1.54) is 7.11 Å². The fraction of sp³-hybridized carbons (Fsp3) is 0.467. The number of ether oxygens (including phenoxy) is 1. The number of carbonyl (C=O) groups is 2. The van der Waals surface area contributed by atoms with E-state index >= 15 is 0 Å². The lowest BCUT2D eigenvalue weighted by atomic mass is 9.99. The van der Waals surface area contributed by atoms with Gasteiger partial charge in [-0.05, 0) is 23.6 Å². The Morgan fingerprint density at radius 3 is 2.55 bits per heavy atom. The number of hydrogen-bond donors (Lipinski definition) is 1. The highest BCUT2D eigenvalue weighted by atomic mass is 16.5. The average Bonchev–Trinajstić information content (AvgIpc) is 2.82. The van der Waals surface area contributed by atoms with Crippen molar-refractivity contribution in [3.05, 3.63) is 29.8 Å². The van der Waals surface area contributed by atoms with Gasteiger partial charge in [-0.25, -0.2) is 0 Å². The number of methoxy groups -OCH3 is 1. The second kappa shape index (κ2) is 5.94. The zero-order valence-electron chi connectivity index (χ0n) is 11.7. The summed E-state index contributed by atoms with van der Waals surface area (Å²) in [5.41, 5.74) is 0.849. The molecule has 1 saturated heterocycles. The fourth-order valence-corrected chi connectivity index (χ4v) is 2.53. The fourth-order valence-electron chi connectivity index (χ4n) is 2.53. The van der Waals surface area contributed by atoms with Crippen molar-refractivity contribution >= 4 is 11.9 Å². The van der Waals surface area contributed by atoms with Gasteiger partial charge in [0.1, 0.15) is 5.75 Å². The minimum atomic E-state index is -0.252. The summed E-state index contributed by atoms with van der Waals surface area (Å²) in [6.07, 6.45) is 0.279. The third kappa shape index (κ3) is 3.10. The molecule has 0 radical (unpaired) electrons. The molecule has 1 fully saturated rings. The molecule has 0 aromatic heterocycles. The van der Waals surface area contributed by atoms with E-state index in [4.69, 9.17) is 4.74 Å². The molecule has 2 rings (SSSR count). The Kier molecular flexibility index (Phi) is 4.27. The summed E-state index contributed by atoms with van der Waals surface area (Å²) in [5, 5.41) is 9.21. The lowest BCUT2D eigenvalue weighted by molar-refractivity contribution is -0.146. The van der Waals surface area contributed by atoms with Crippen molar-refractivity contribution in [2.75, 3.05) is 20.2 Å². The number of aromatic hydroxyl groups is 1. The van der Waals surface area contributed by atoms with E-state index in [0.717, 1.165) is 5.56 Å². The van der Waals surface area contributed by atoms with Crippen LogP contribution in [-0.4, -0.2) is 42.1 Å². The van der Waals surface area contributed by atoms with Crippen LogP contribution < -0.4 is 0 Å². The number of rotatable bonds is 3. The van der Waals surface area contributed by atoms with Crippen LogP contribution in [0.4, 0.5) is 0 Å². The van der Waals surface area contributed by atoms with Crippen LogP contribution >= 0.6 is 0 Å². The number of esters is 1. The number of nitrogens with zero attached hydrogens (tertiary/aromatic N) is 1. The van der Waals surface area contributed by atoms with Gasteiger partial charge in [0.2, 0.25) is 5.91 Å². The molecule has 5 heteroatoms. The number of amides is 1. The number of phenols is 1. The first-order valence-corrected chi connectivity index (χ1v) is 6.64. The molecule has 0 saturated carbocycles. The lowest BCUT2D eigenvalue weighted by Crippen LogP contribution is -2.31. The minimum absolute atomic E-state index is 0.00561. The Morgan fingerprint density at radius 2 is 1.95 bits per heavy atom. The normalized spacial score (nSPS) is 21.8. The molecule has 2 atom stereocenters. The summed E-state index contributed by atoms with van der Waals surface area (Å²) in [5.74, 6) is -0.192. The van der Waals surface area contributed by atoms with Gasteiger partial charge in [0.25, 0.3) is 0 Å². The number of phenolic OH excluding ortho intramolecular Hbond substituents is 1. The Morgan fingerprint density at radius 1 is 1.30 bits per heavy atom. The van der Waals surface area contributed by atoms with Crippen molar-refractivity contribution in [2.24, 2.45) is 11.8 Å². The highest BCUT2D eigenvalue weighted by molar-refractivity contribution is 5.81. The first kappa shape index (κ1) is 14.4. The number of hydrogen-bond acceptors (Lipinski definition) is 4. The Hall–Kier alpha value is -2.04. The van der Waals surface area contributed by atoms with Crippen LogP contribution in [0.25, 0.3) is 0 Å². The van der Waals surface area contributed by atoms with Crippen molar-refractivity contribution in [1.29, 1.82) is 0 Å².